The van der Waals surface area contributed by atoms with Crippen LogP contribution in [0.5, 0.6) is 0 Å². The van der Waals surface area contributed by atoms with Gasteiger partial charge in [-0.1, -0.05) is 12.1 Å². The van der Waals surface area contributed by atoms with E-state index in [-0.39, 0.29) is 17.5 Å². The second-order valence-electron chi connectivity index (χ2n) is 6.51. The van der Waals surface area contributed by atoms with Crippen molar-refractivity contribution in [2.75, 3.05) is 22.5 Å². The van der Waals surface area contributed by atoms with Crippen molar-refractivity contribution in [2.45, 2.75) is 25.8 Å². The number of hydrogen-bond donors (Lipinski definition) is 3. The molecule has 0 aliphatic carbocycles. The molecule has 0 spiro atoms. The Morgan fingerprint density at radius 1 is 0.964 bits per heavy atom. The first kappa shape index (κ1) is 19.3. The number of likely N-dealkylation sites (tertiary alicyclic amines) is 1. The van der Waals surface area contributed by atoms with Crippen LogP contribution in [0.1, 0.15) is 19.8 Å². The molecule has 1 heterocycles. The van der Waals surface area contributed by atoms with Crippen molar-refractivity contribution >= 4 is 34.9 Å². The molecular weight excluding hydrogens is 363 g/mol. The van der Waals surface area contributed by atoms with Gasteiger partial charge in [-0.05, 0) is 49.2 Å². The summed E-state index contributed by atoms with van der Waals surface area (Å²) in [6, 6.07) is 11.4. The van der Waals surface area contributed by atoms with Gasteiger partial charge in [0.25, 0.3) is 0 Å². The van der Waals surface area contributed by atoms with Crippen molar-refractivity contribution < 1.29 is 18.8 Å². The van der Waals surface area contributed by atoms with Gasteiger partial charge in [-0.25, -0.2) is 9.18 Å². The van der Waals surface area contributed by atoms with Gasteiger partial charge in [-0.2, -0.15) is 0 Å². The van der Waals surface area contributed by atoms with E-state index in [0.717, 1.165) is 0 Å². The average Bonchev–Trinajstić information content (AvgIpc) is 3.15. The maximum Gasteiger partial charge on any atom is 0.322 e. The standard InChI is InChI=1S/C20H21FN4O3/c1-13(26)22-14-8-10-15(11-9-14)23-19(27)18-7-4-12-25(18)20(28)24-17-6-3-2-5-16(17)21/h2-3,5-6,8-11,18H,4,7,12H2,1H3,(H,22,26)(H,23,27)(H,24,28). The highest BCUT2D eigenvalue weighted by molar-refractivity contribution is 5.99. The van der Waals surface area contributed by atoms with Crippen molar-refractivity contribution in [2.24, 2.45) is 0 Å². The van der Waals surface area contributed by atoms with Crippen molar-refractivity contribution in [1.29, 1.82) is 0 Å². The summed E-state index contributed by atoms with van der Waals surface area (Å²) in [7, 11) is 0. The molecule has 1 unspecified atom stereocenters. The molecule has 0 bridgehead atoms. The van der Waals surface area contributed by atoms with E-state index in [2.05, 4.69) is 16.0 Å². The molecule has 0 aromatic heterocycles. The number of urea groups is 1. The minimum Gasteiger partial charge on any atom is -0.326 e. The molecule has 0 radical (unpaired) electrons. The number of hydrogen-bond acceptors (Lipinski definition) is 3. The summed E-state index contributed by atoms with van der Waals surface area (Å²) < 4.78 is 13.8. The number of rotatable bonds is 4. The molecule has 4 amide bonds. The molecule has 1 atom stereocenters. The zero-order valence-electron chi connectivity index (χ0n) is 15.4. The lowest BCUT2D eigenvalue weighted by molar-refractivity contribution is -0.119. The van der Waals surface area contributed by atoms with Crippen LogP contribution in [0.2, 0.25) is 0 Å². The first-order chi connectivity index (χ1) is 13.4. The number of amides is 4. The lowest BCUT2D eigenvalue weighted by Crippen LogP contribution is -2.45. The van der Waals surface area contributed by atoms with Gasteiger partial charge in [-0.3, -0.25) is 9.59 Å². The molecule has 0 saturated carbocycles. The molecule has 1 aliphatic rings. The van der Waals surface area contributed by atoms with Gasteiger partial charge >= 0.3 is 6.03 Å². The zero-order chi connectivity index (χ0) is 20.1. The van der Waals surface area contributed by atoms with Gasteiger partial charge < -0.3 is 20.9 Å². The van der Waals surface area contributed by atoms with E-state index in [4.69, 9.17) is 0 Å². The summed E-state index contributed by atoms with van der Waals surface area (Å²) in [6.07, 6.45) is 1.21. The molecule has 7 nitrogen and oxygen atoms in total. The number of para-hydroxylation sites is 1. The van der Waals surface area contributed by atoms with Crippen LogP contribution in [0.3, 0.4) is 0 Å². The third kappa shape index (κ3) is 4.64. The number of benzene rings is 2. The fourth-order valence-electron chi connectivity index (χ4n) is 3.10. The molecule has 1 aliphatic heterocycles. The summed E-state index contributed by atoms with van der Waals surface area (Å²) in [5.41, 5.74) is 1.25. The first-order valence-electron chi connectivity index (χ1n) is 8.95. The van der Waals surface area contributed by atoms with Crippen molar-refractivity contribution in [1.82, 2.24) is 4.90 Å². The molecule has 1 fully saturated rings. The summed E-state index contributed by atoms with van der Waals surface area (Å²) in [4.78, 5) is 37.6. The van der Waals surface area contributed by atoms with Gasteiger partial charge in [-0.15, -0.1) is 0 Å². The molecule has 2 aromatic rings. The van der Waals surface area contributed by atoms with Crippen LogP contribution in [-0.4, -0.2) is 35.3 Å². The first-order valence-corrected chi connectivity index (χ1v) is 8.95. The number of anilines is 3. The van der Waals surface area contributed by atoms with Crippen molar-refractivity contribution in [3.8, 4) is 0 Å². The Balaban J connectivity index is 1.63. The minimum atomic E-state index is -0.637. The molecule has 2 aromatic carbocycles. The Hall–Kier alpha value is -3.42. The normalized spacial score (nSPS) is 15.8. The third-order valence-electron chi connectivity index (χ3n) is 4.40. The maximum absolute atomic E-state index is 13.8. The van der Waals surface area contributed by atoms with E-state index in [1.807, 2.05) is 0 Å². The van der Waals surface area contributed by atoms with E-state index in [0.29, 0.717) is 30.8 Å². The van der Waals surface area contributed by atoms with Crippen LogP contribution in [0.15, 0.2) is 48.5 Å². The van der Waals surface area contributed by atoms with Gasteiger partial charge in [0.2, 0.25) is 11.8 Å². The summed E-state index contributed by atoms with van der Waals surface area (Å²) in [5.74, 6) is -1.02. The highest BCUT2D eigenvalue weighted by Gasteiger charge is 2.34. The molecule has 8 heteroatoms. The van der Waals surface area contributed by atoms with Crippen LogP contribution in [0.4, 0.5) is 26.2 Å². The molecular formula is C20H21FN4O3. The Morgan fingerprint density at radius 3 is 2.25 bits per heavy atom. The number of nitrogens with zero attached hydrogens (tertiary/aromatic N) is 1. The van der Waals surface area contributed by atoms with Crippen LogP contribution >= 0.6 is 0 Å². The Labute approximate surface area is 161 Å². The van der Waals surface area contributed by atoms with Crippen LogP contribution < -0.4 is 16.0 Å². The molecule has 146 valence electrons. The van der Waals surface area contributed by atoms with E-state index in [9.17, 15) is 18.8 Å². The number of carbonyl (C=O) groups excluding carboxylic acids is 3. The van der Waals surface area contributed by atoms with E-state index >= 15 is 0 Å². The topological polar surface area (TPSA) is 90.5 Å². The number of carbonyl (C=O) groups is 3. The molecule has 3 N–H and O–H groups in total. The summed E-state index contributed by atoms with van der Waals surface area (Å²) in [5, 5.41) is 7.94. The molecule has 1 saturated heterocycles. The van der Waals surface area contributed by atoms with E-state index < -0.39 is 17.9 Å². The lowest BCUT2D eigenvalue weighted by Gasteiger charge is -2.24. The second kappa shape index (κ2) is 8.51. The predicted octanol–water partition coefficient (Wildman–Crippen LogP) is 3.42. The lowest BCUT2D eigenvalue weighted by atomic mass is 10.2. The predicted molar refractivity (Wildman–Crippen MR) is 105 cm³/mol. The molecule has 28 heavy (non-hydrogen) atoms. The highest BCUT2D eigenvalue weighted by Crippen LogP contribution is 2.22. The maximum atomic E-state index is 13.8. The Kier molecular flexibility index (Phi) is 5.88. The van der Waals surface area contributed by atoms with Gasteiger partial charge in [0.1, 0.15) is 11.9 Å². The van der Waals surface area contributed by atoms with Gasteiger partial charge in [0.05, 0.1) is 5.69 Å². The van der Waals surface area contributed by atoms with Crippen LogP contribution in [-0.2, 0) is 9.59 Å². The quantitative estimate of drug-likeness (QED) is 0.754. The third-order valence-corrected chi connectivity index (χ3v) is 4.40. The SMILES string of the molecule is CC(=O)Nc1ccc(NC(=O)C2CCCN2C(=O)Nc2ccccc2F)cc1. The number of nitrogens with one attached hydrogen (secondary N) is 3. The second-order valence-corrected chi connectivity index (χ2v) is 6.51. The fraction of sp³-hybridized carbons (Fsp3) is 0.250. The van der Waals surface area contributed by atoms with E-state index in [1.165, 1.54) is 30.0 Å². The fourth-order valence-corrected chi connectivity index (χ4v) is 3.10. The van der Waals surface area contributed by atoms with Crippen LogP contribution in [0.25, 0.3) is 0 Å². The highest BCUT2D eigenvalue weighted by atomic mass is 19.1. The number of halogens is 1. The van der Waals surface area contributed by atoms with E-state index in [1.54, 1.807) is 30.3 Å². The summed E-state index contributed by atoms with van der Waals surface area (Å²) >= 11 is 0. The van der Waals surface area contributed by atoms with Crippen molar-refractivity contribution in [3.63, 3.8) is 0 Å². The minimum absolute atomic E-state index is 0.0760. The van der Waals surface area contributed by atoms with Crippen LogP contribution in [0, 0.1) is 5.82 Å². The summed E-state index contributed by atoms with van der Waals surface area (Å²) in [6.45, 7) is 1.83. The Morgan fingerprint density at radius 2 is 1.61 bits per heavy atom. The van der Waals surface area contributed by atoms with Gasteiger partial charge in [0.15, 0.2) is 0 Å². The largest absolute Gasteiger partial charge is 0.326 e. The average molecular weight is 384 g/mol. The van der Waals surface area contributed by atoms with Gasteiger partial charge in [0, 0.05) is 24.8 Å². The smallest absolute Gasteiger partial charge is 0.322 e. The monoisotopic (exact) mass is 384 g/mol. The zero-order valence-corrected chi connectivity index (χ0v) is 15.4. The Bertz CT molecular complexity index is 885. The molecule has 3 rings (SSSR count). The van der Waals surface area contributed by atoms with Crippen molar-refractivity contribution in [3.05, 3.63) is 54.3 Å².